The van der Waals surface area contributed by atoms with Crippen molar-refractivity contribution in [3.05, 3.63) is 30.1 Å². The number of fused-ring (bicyclic) bond motifs is 1. The van der Waals surface area contributed by atoms with Gasteiger partial charge >= 0.3 is 5.97 Å². The van der Waals surface area contributed by atoms with Crippen molar-refractivity contribution in [1.29, 1.82) is 0 Å². The molecule has 0 radical (unpaired) electrons. The van der Waals surface area contributed by atoms with Crippen LogP contribution in [0.1, 0.15) is 25.6 Å². The van der Waals surface area contributed by atoms with Gasteiger partial charge in [-0.3, -0.25) is 9.59 Å². The number of rotatable bonds is 4. The fourth-order valence-electron chi connectivity index (χ4n) is 2.59. The summed E-state index contributed by atoms with van der Waals surface area (Å²) in [5.74, 6) is -0.923. The van der Waals surface area contributed by atoms with E-state index < -0.39 is 17.8 Å². The topological polar surface area (TPSA) is 97.1 Å². The minimum absolute atomic E-state index is 0.537. The van der Waals surface area contributed by atoms with Crippen LogP contribution >= 0.6 is 0 Å². The lowest BCUT2D eigenvalue weighted by Gasteiger charge is -2.15. The van der Waals surface area contributed by atoms with Gasteiger partial charge in [-0.05, 0) is 44.0 Å². The first kappa shape index (κ1) is 15.2. The van der Waals surface area contributed by atoms with Crippen LogP contribution in [0.3, 0.4) is 0 Å². The second kappa shape index (κ2) is 6.20. The van der Waals surface area contributed by atoms with E-state index in [0.29, 0.717) is 5.69 Å². The van der Waals surface area contributed by atoms with Crippen LogP contribution in [0.2, 0.25) is 0 Å². The molecule has 23 heavy (non-hydrogen) atoms. The Morgan fingerprint density at radius 3 is 2.65 bits per heavy atom. The number of carbonyl (C=O) groups is 2. The lowest BCUT2D eigenvalue weighted by Crippen LogP contribution is -2.26. The van der Waals surface area contributed by atoms with Crippen LogP contribution in [0.5, 0.6) is 0 Å². The Labute approximate surface area is 133 Å². The first-order chi connectivity index (χ1) is 11.1. The zero-order valence-electron chi connectivity index (χ0n) is 12.8. The van der Waals surface area contributed by atoms with Gasteiger partial charge in [0.2, 0.25) is 5.91 Å². The molecule has 0 bridgehead atoms. The maximum absolute atomic E-state index is 11.7. The van der Waals surface area contributed by atoms with Crippen molar-refractivity contribution < 1.29 is 14.7 Å². The predicted molar refractivity (Wildman–Crippen MR) is 83.8 cm³/mol. The highest BCUT2D eigenvalue weighted by Crippen LogP contribution is 2.24. The molecule has 1 atom stereocenters. The zero-order chi connectivity index (χ0) is 16.4. The number of amides is 1. The van der Waals surface area contributed by atoms with Crippen molar-refractivity contribution in [3.8, 4) is 11.4 Å². The van der Waals surface area contributed by atoms with Gasteiger partial charge in [0.1, 0.15) is 11.7 Å². The third-order valence-corrected chi connectivity index (χ3v) is 4.03. The molecule has 2 aromatic rings. The molecule has 7 heteroatoms. The number of carboxylic acid groups (broad SMARTS) is 1. The molecule has 0 spiro atoms. The molecular weight excluding hydrogens is 296 g/mol. The number of benzene rings is 1. The molecule has 1 amide bonds. The Balaban J connectivity index is 1.76. The molecule has 120 valence electrons. The van der Waals surface area contributed by atoms with E-state index in [9.17, 15) is 9.59 Å². The summed E-state index contributed by atoms with van der Waals surface area (Å²) in [4.78, 5) is 22.5. The Bertz CT molecular complexity index is 736. The normalized spacial score (nSPS) is 14.8. The van der Waals surface area contributed by atoms with Crippen molar-refractivity contribution >= 4 is 17.6 Å². The van der Waals surface area contributed by atoms with Crippen molar-refractivity contribution in [2.45, 2.75) is 32.7 Å². The summed E-state index contributed by atoms with van der Waals surface area (Å²) in [7, 11) is 0. The van der Waals surface area contributed by atoms with Crippen LogP contribution in [0.4, 0.5) is 5.69 Å². The average Bonchev–Trinajstić information content (AvgIpc) is 2.98. The van der Waals surface area contributed by atoms with E-state index in [1.165, 1.54) is 6.92 Å². The minimum Gasteiger partial charge on any atom is -0.481 e. The molecule has 1 aliphatic rings. The fourth-order valence-corrected chi connectivity index (χ4v) is 2.59. The van der Waals surface area contributed by atoms with E-state index in [1.54, 1.807) is 12.1 Å². The number of hydrogen-bond donors (Lipinski definition) is 2. The van der Waals surface area contributed by atoms with Crippen molar-refractivity contribution in [2.75, 3.05) is 5.32 Å². The number of hydrogen-bond acceptors (Lipinski definition) is 4. The molecule has 0 fully saturated rings. The molecule has 0 saturated carbocycles. The molecule has 1 aromatic carbocycles. The first-order valence-corrected chi connectivity index (χ1v) is 7.62. The molecule has 2 heterocycles. The highest BCUT2D eigenvalue weighted by molar-refractivity contribution is 6.03. The van der Waals surface area contributed by atoms with Gasteiger partial charge in [0.25, 0.3) is 0 Å². The maximum atomic E-state index is 11.7. The zero-order valence-corrected chi connectivity index (χ0v) is 12.8. The van der Waals surface area contributed by atoms with Crippen LogP contribution in [-0.2, 0) is 22.6 Å². The molecule has 0 aliphatic carbocycles. The number of aliphatic carboxylic acids is 1. The summed E-state index contributed by atoms with van der Waals surface area (Å²) in [6, 6.07) is 7.19. The summed E-state index contributed by atoms with van der Waals surface area (Å²) in [5.41, 5.74) is 1.49. The van der Waals surface area contributed by atoms with E-state index >= 15 is 0 Å². The lowest BCUT2D eigenvalue weighted by atomic mass is 10.1. The smallest absolute Gasteiger partial charge is 0.315 e. The molecule has 1 unspecified atom stereocenters. The molecule has 2 N–H and O–H groups in total. The van der Waals surface area contributed by atoms with Crippen molar-refractivity contribution in [2.24, 2.45) is 5.92 Å². The number of anilines is 1. The Kier molecular flexibility index (Phi) is 4.10. The number of carbonyl (C=O) groups excluding carboxylic acids is 1. The van der Waals surface area contributed by atoms with Gasteiger partial charge in [0, 0.05) is 24.2 Å². The monoisotopic (exact) mass is 314 g/mol. The Morgan fingerprint density at radius 2 is 1.96 bits per heavy atom. The summed E-state index contributed by atoms with van der Waals surface area (Å²) in [5, 5.41) is 19.9. The van der Waals surface area contributed by atoms with E-state index in [0.717, 1.165) is 43.0 Å². The van der Waals surface area contributed by atoms with Gasteiger partial charge in [-0.15, -0.1) is 10.2 Å². The Morgan fingerprint density at radius 1 is 1.22 bits per heavy atom. The quantitative estimate of drug-likeness (QED) is 0.841. The molecule has 7 nitrogen and oxygen atoms in total. The van der Waals surface area contributed by atoms with Gasteiger partial charge in [-0.25, -0.2) is 0 Å². The van der Waals surface area contributed by atoms with Gasteiger partial charge < -0.3 is 15.0 Å². The SMILES string of the molecule is CC(C(=O)O)C(=O)Nc1ccc(-c2nnc3n2CCCC3)cc1. The minimum atomic E-state index is -1.14. The summed E-state index contributed by atoms with van der Waals surface area (Å²) in [6.45, 7) is 2.28. The van der Waals surface area contributed by atoms with Gasteiger partial charge in [0.05, 0.1) is 0 Å². The van der Waals surface area contributed by atoms with Gasteiger partial charge in [-0.2, -0.15) is 0 Å². The van der Waals surface area contributed by atoms with Crippen molar-refractivity contribution in [1.82, 2.24) is 14.8 Å². The molecule has 3 rings (SSSR count). The number of carboxylic acids is 1. The van der Waals surface area contributed by atoms with Crippen LogP contribution in [-0.4, -0.2) is 31.7 Å². The van der Waals surface area contributed by atoms with E-state index in [4.69, 9.17) is 5.11 Å². The van der Waals surface area contributed by atoms with E-state index in [1.807, 2.05) is 12.1 Å². The van der Waals surface area contributed by atoms with Crippen LogP contribution < -0.4 is 5.32 Å². The third-order valence-electron chi connectivity index (χ3n) is 4.03. The number of nitrogens with zero attached hydrogens (tertiary/aromatic N) is 3. The predicted octanol–water partition coefficient (Wildman–Crippen LogP) is 1.94. The maximum Gasteiger partial charge on any atom is 0.315 e. The third kappa shape index (κ3) is 3.08. The molecule has 1 aromatic heterocycles. The largest absolute Gasteiger partial charge is 0.481 e. The summed E-state index contributed by atoms with van der Waals surface area (Å²) < 4.78 is 2.13. The molecular formula is C16H18N4O3. The highest BCUT2D eigenvalue weighted by atomic mass is 16.4. The second-order valence-electron chi connectivity index (χ2n) is 5.68. The van der Waals surface area contributed by atoms with Gasteiger partial charge in [0.15, 0.2) is 5.82 Å². The number of aromatic nitrogens is 3. The first-order valence-electron chi connectivity index (χ1n) is 7.62. The van der Waals surface area contributed by atoms with Gasteiger partial charge in [-0.1, -0.05) is 0 Å². The van der Waals surface area contributed by atoms with E-state index in [2.05, 4.69) is 20.1 Å². The van der Waals surface area contributed by atoms with E-state index in [-0.39, 0.29) is 0 Å². The lowest BCUT2D eigenvalue weighted by molar-refractivity contribution is -0.144. The average molecular weight is 314 g/mol. The highest BCUT2D eigenvalue weighted by Gasteiger charge is 2.21. The van der Waals surface area contributed by atoms with Crippen molar-refractivity contribution in [3.63, 3.8) is 0 Å². The molecule has 0 saturated heterocycles. The standard InChI is InChI=1S/C16H18N4O3/c1-10(16(22)23)15(21)17-12-7-5-11(6-8-12)14-19-18-13-4-2-3-9-20(13)14/h5-8,10H,2-4,9H2,1H3,(H,17,21)(H,22,23). The van der Waals surface area contributed by atoms with Crippen LogP contribution in [0.15, 0.2) is 24.3 Å². The van der Waals surface area contributed by atoms with Crippen LogP contribution in [0, 0.1) is 5.92 Å². The fraction of sp³-hybridized carbons (Fsp3) is 0.375. The number of aryl methyl sites for hydroxylation is 1. The van der Waals surface area contributed by atoms with Crippen LogP contribution in [0.25, 0.3) is 11.4 Å². The second-order valence-corrected chi connectivity index (χ2v) is 5.68. The number of nitrogens with one attached hydrogen (secondary N) is 1. The summed E-state index contributed by atoms with van der Waals surface area (Å²) in [6.07, 6.45) is 3.22. The molecule has 1 aliphatic heterocycles. The summed E-state index contributed by atoms with van der Waals surface area (Å²) >= 11 is 0. The Hall–Kier alpha value is -2.70.